The maximum Gasteiger partial charge on any atom is 0.0224 e. The number of hydrogen-bond acceptors (Lipinski definition) is 1. The molecule has 0 spiro atoms. The molecule has 1 aromatic carbocycles. The highest BCUT2D eigenvalue weighted by Gasteiger charge is 1.96. The van der Waals surface area contributed by atoms with Crippen LogP contribution in [0.2, 0.25) is 0 Å². The Labute approximate surface area is 73.2 Å². The third-order valence-corrected chi connectivity index (χ3v) is 2.01. The zero-order valence-corrected chi connectivity index (χ0v) is 7.53. The van der Waals surface area contributed by atoms with Crippen LogP contribution in [-0.4, -0.2) is 4.86 Å². The highest BCUT2D eigenvalue weighted by atomic mass is 32.1. The summed E-state index contributed by atoms with van der Waals surface area (Å²) in [5.41, 5.74) is 1.20. The fourth-order valence-electron chi connectivity index (χ4n) is 0.995. The number of benzene rings is 1. The molecule has 0 unspecified atom stereocenters. The molecule has 11 heavy (non-hydrogen) atoms. The molecule has 1 aromatic rings. The molecule has 0 fully saturated rings. The molecule has 0 atom stereocenters. The van der Waals surface area contributed by atoms with E-state index in [9.17, 15) is 0 Å². The second-order valence-electron chi connectivity index (χ2n) is 2.54. The summed E-state index contributed by atoms with van der Waals surface area (Å²) in [6, 6.07) is 10.2. The minimum Gasteiger partial charge on any atom is -0.0843 e. The zero-order valence-electron chi connectivity index (χ0n) is 6.71. The van der Waals surface area contributed by atoms with Crippen molar-refractivity contribution in [1.29, 1.82) is 0 Å². The number of rotatable bonds is 3. The predicted molar refractivity (Wildman–Crippen MR) is 53.1 cm³/mol. The van der Waals surface area contributed by atoms with Gasteiger partial charge in [0.25, 0.3) is 0 Å². The first kappa shape index (κ1) is 8.41. The van der Waals surface area contributed by atoms with E-state index in [0.717, 1.165) is 17.7 Å². The van der Waals surface area contributed by atoms with E-state index in [0.29, 0.717) is 0 Å². The van der Waals surface area contributed by atoms with E-state index in [1.165, 1.54) is 5.56 Å². The van der Waals surface area contributed by atoms with Gasteiger partial charge in [-0.15, -0.1) is 0 Å². The van der Waals surface area contributed by atoms with E-state index < -0.39 is 0 Å². The Morgan fingerprint density at radius 3 is 2.45 bits per heavy atom. The molecule has 0 N–H and O–H groups in total. The molecule has 58 valence electrons. The Bertz CT molecular complexity index is 226. The van der Waals surface area contributed by atoms with E-state index in [4.69, 9.17) is 12.2 Å². The van der Waals surface area contributed by atoms with Crippen molar-refractivity contribution in [2.75, 3.05) is 0 Å². The van der Waals surface area contributed by atoms with Gasteiger partial charge in [-0.2, -0.15) is 0 Å². The first-order chi connectivity index (χ1) is 5.34. The van der Waals surface area contributed by atoms with Crippen molar-refractivity contribution in [3.63, 3.8) is 0 Å². The van der Waals surface area contributed by atoms with Crippen LogP contribution < -0.4 is 0 Å². The molecule has 0 aliphatic carbocycles. The average Bonchev–Trinajstić information content (AvgIpc) is 2.07. The first-order valence-electron chi connectivity index (χ1n) is 3.93. The smallest absolute Gasteiger partial charge is 0.0224 e. The van der Waals surface area contributed by atoms with Crippen molar-refractivity contribution in [1.82, 2.24) is 0 Å². The summed E-state index contributed by atoms with van der Waals surface area (Å²) >= 11 is 5.22. The topological polar surface area (TPSA) is 0 Å². The third-order valence-electron chi connectivity index (χ3n) is 1.57. The minimum absolute atomic E-state index is 1.03. The molecule has 0 aliphatic rings. The molecule has 0 aromatic heterocycles. The lowest BCUT2D eigenvalue weighted by atomic mass is 10.1. The molecule has 0 nitrogen and oxygen atoms in total. The molecule has 0 bridgehead atoms. The van der Waals surface area contributed by atoms with Crippen LogP contribution in [0.4, 0.5) is 0 Å². The molecule has 0 amide bonds. The molecule has 0 radical (unpaired) electrons. The summed E-state index contributed by atoms with van der Waals surface area (Å²) in [6.45, 7) is 2.15. The van der Waals surface area contributed by atoms with Gasteiger partial charge < -0.3 is 0 Å². The van der Waals surface area contributed by atoms with Gasteiger partial charge in [0.2, 0.25) is 0 Å². The van der Waals surface area contributed by atoms with Gasteiger partial charge in [0.05, 0.1) is 0 Å². The summed E-state index contributed by atoms with van der Waals surface area (Å²) < 4.78 is 0. The largest absolute Gasteiger partial charge is 0.0843 e. The van der Waals surface area contributed by atoms with E-state index >= 15 is 0 Å². The van der Waals surface area contributed by atoms with E-state index in [2.05, 4.69) is 19.1 Å². The van der Waals surface area contributed by atoms with Gasteiger partial charge >= 0.3 is 0 Å². The van der Waals surface area contributed by atoms with Crippen molar-refractivity contribution >= 4 is 17.1 Å². The van der Waals surface area contributed by atoms with Crippen LogP contribution in [0.5, 0.6) is 0 Å². The Morgan fingerprint density at radius 2 is 1.91 bits per heavy atom. The second kappa shape index (κ2) is 4.24. The van der Waals surface area contributed by atoms with Crippen LogP contribution >= 0.6 is 12.2 Å². The van der Waals surface area contributed by atoms with Crippen LogP contribution in [0.3, 0.4) is 0 Å². The lowest BCUT2D eigenvalue weighted by Crippen LogP contribution is -1.94. The fourth-order valence-corrected chi connectivity index (χ4v) is 1.34. The van der Waals surface area contributed by atoms with Gasteiger partial charge in [0.1, 0.15) is 0 Å². The number of thiocarbonyl (C=S) groups is 1. The van der Waals surface area contributed by atoms with Gasteiger partial charge in [0, 0.05) is 4.86 Å². The van der Waals surface area contributed by atoms with Crippen molar-refractivity contribution in [3.05, 3.63) is 35.9 Å². The Balaban J connectivity index is 2.69. The molecule has 1 rings (SSSR count). The summed E-state index contributed by atoms with van der Waals surface area (Å²) in [7, 11) is 0. The normalized spacial score (nSPS) is 9.55. The fraction of sp³-hybridized carbons (Fsp3) is 0.300. The maximum absolute atomic E-state index is 5.22. The molecular weight excluding hydrogens is 152 g/mol. The summed E-state index contributed by atoms with van der Waals surface area (Å²) in [4.78, 5) is 1.08. The van der Waals surface area contributed by atoms with Gasteiger partial charge in [-0.05, 0) is 12.0 Å². The predicted octanol–water partition coefficient (Wildman–Crippen LogP) is 3.20. The second-order valence-corrected chi connectivity index (χ2v) is 3.03. The van der Waals surface area contributed by atoms with Crippen LogP contribution in [0.25, 0.3) is 0 Å². The van der Waals surface area contributed by atoms with Gasteiger partial charge in [0.15, 0.2) is 0 Å². The minimum atomic E-state index is 1.03. The third kappa shape index (κ3) is 2.43. The van der Waals surface area contributed by atoms with Crippen LogP contribution in [0.15, 0.2) is 30.3 Å². The maximum atomic E-state index is 5.22. The van der Waals surface area contributed by atoms with Crippen LogP contribution in [0.1, 0.15) is 25.3 Å². The quantitative estimate of drug-likeness (QED) is 0.488. The lowest BCUT2D eigenvalue weighted by Gasteiger charge is -1.99. The molecule has 0 heterocycles. The van der Waals surface area contributed by atoms with Gasteiger partial charge in [-0.1, -0.05) is 55.9 Å². The van der Waals surface area contributed by atoms with Crippen molar-refractivity contribution < 1.29 is 0 Å². The van der Waals surface area contributed by atoms with Crippen LogP contribution in [0, 0.1) is 0 Å². The standard InChI is InChI=1S/C10H12S/c1-2-6-10(11)9-7-4-3-5-8-9/h3-5,7-8H,2,6H2,1H3. The van der Waals surface area contributed by atoms with Crippen molar-refractivity contribution in [3.8, 4) is 0 Å². The Hall–Kier alpha value is -0.690. The van der Waals surface area contributed by atoms with Gasteiger partial charge in [-0.25, -0.2) is 0 Å². The molecular formula is C10H12S. The summed E-state index contributed by atoms with van der Waals surface area (Å²) in [5, 5.41) is 0. The highest BCUT2D eigenvalue weighted by molar-refractivity contribution is 7.80. The molecule has 0 saturated heterocycles. The number of hydrogen-bond donors (Lipinski definition) is 0. The van der Waals surface area contributed by atoms with E-state index in [1.807, 2.05) is 18.2 Å². The summed E-state index contributed by atoms with van der Waals surface area (Å²) in [6.07, 6.45) is 2.16. The van der Waals surface area contributed by atoms with Gasteiger partial charge in [-0.3, -0.25) is 0 Å². The van der Waals surface area contributed by atoms with Crippen molar-refractivity contribution in [2.45, 2.75) is 19.8 Å². The zero-order chi connectivity index (χ0) is 8.10. The molecule has 0 saturated carbocycles. The Morgan fingerprint density at radius 1 is 1.27 bits per heavy atom. The molecule has 0 aliphatic heterocycles. The lowest BCUT2D eigenvalue weighted by molar-refractivity contribution is 1.00. The monoisotopic (exact) mass is 164 g/mol. The summed E-state index contributed by atoms with van der Waals surface area (Å²) in [5.74, 6) is 0. The van der Waals surface area contributed by atoms with E-state index in [1.54, 1.807) is 0 Å². The first-order valence-corrected chi connectivity index (χ1v) is 4.33. The average molecular weight is 164 g/mol. The van der Waals surface area contributed by atoms with E-state index in [-0.39, 0.29) is 0 Å². The molecule has 1 heteroatoms. The van der Waals surface area contributed by atoms with Crippen molar-refractivity contribution in [2.24, 2.45) is 0 Å². The van der Waals surface area contributed by atoms with Crippen LogP contribution in [-0.2, 0) is 0 Å². The Kier molecular flexibility index (Phi) is 3.24. The SMILES string of the molecule is CCCC(=S)c1ccccc1. The highest BCUT2D eigenvalue weighted by Crippen LogP contribution is 2.05.